The fraction of sp³-hybridized carbons (Fsp3) is 0.667. The van der Waals surface area contributed by atoms with Crippen LogP contribution in [-0.2, 0) is 9.59 Å². The number of aromatic nitrogens is 2. The zero-order valence-electron chi connectivity index (χ0n) is 14.9. The molecule has 25 heavy (non-hydrogen) atoms. The number of rotatable bonds is 3. The summed E-state index contributed by atoms with van der Waals surface area (Å²) in [5.74, 6) is 1.03. The molecule has 0 unspecified atom stereocenters. The number of hydrogen-bond acceptors (Lipinski definition) is 5. The molecule has 2 aliphatic heterocycles. The Balaban J connectivity index is 1.58. The third-order valence-corrected chi connectivity index (χ3v) is 5.07. The first-order valence-electron chi connectivity index (χ1n) is 9.27. The summed E-state index contributed by atoms with van der Waals surface area (Å²) in [4.78, 5) is 39.5. The lowest BCUT2D eigenvalue weighted by molar-refractivity contribution is -0.140. The minimum atomic E-state index is -0.0521. The van der Waals surface area contributed by atoms with Crippen molar-refractivity contribution in [1.29, 1.82) is 0 Å². The Hall–Kier alpha value is -2.18. The van der Waals surface area contributed by atoms with Crippen molar-refractivity contribution >= 4 is 17.8 Å². The van der Waals surface area contributed by atoms with Crippen molar-refractivity contribution in [2.24, 2.45) is 5.92 Å². The van der Waals surface area contributed by atoms with E-state index in [-0.39, 0.29) is 17.7 Å². The second-order valence-electron chi connectivity index (χ2n) is 6.75. The maximum Gasteiger partial charge on any atom is 0.227 e. The summed E-state index contributed by atoms with van der Waals surface area (Å²) in [7, 11) is 0. The van der Waals surface area contributed by atoms with E-state index in [1.807, 2.05) is 22.8 Å². The summed E-state index contributed by atoms with van der Waals surface area (Å²) in [5, 5.41) is 0. The molecule has 0 spiro atoms. The average Bonchev–Trinajstić information content (AvgIpc) is 2.94. The van der Waals surface area contributed by atoms with Crippen molar-refractivity contribution in [1.82, 2.24) is 19.8 Å². The molecular weight excluding hydrogens is 318 g/mol. The van der Waals surface area contributed by atoms with Crippen LogP contribution in [0.3, 0.4) is 0 Å². The second-order valence-corrected chi connectivity index (χ2v) is 6.75. The predicted molar refractivity (Wildman–Crippen MR) is 95.0 cm³/mol. The summed E-state index contributed by atoms with van der Waals surface area (Å²) in [5.41, 5.74) is 0. The lowest BCUT2D eigenvalue weighted by Crippen LogP contribution is -2.47. The van der Waals surface area contributed by atoms with Gasteiger partial charge in [-0.05, 0) is 25.3 Å². The Morgan fingerprint density at radius 1 is 1.04 bits per heavy atom. The normalized spacial score (nSPS) is 21.8. The predicted octanol–water partition coefficient (Wildman–Crippen LogP) is 1.16. The van der Waals surface area contributed by atoms with Crippen LogP contribution in [0.4, 0.5) is 5.95 Å². The maximum absolute atomic E-state index is 12.9. The van der Waals surface area contributed by atoms with Crippen molar-refractivity contribution in [3.05, 3.63) is 18.5 Å². The quantitative estimate of drug-likeness (QED) is 0.822. The topological polar surface area (TPSA) is 69.6 Å². The van der Waals surface area contributed by atoms with E-state index < -0.39 is 0 Å². The van der Waals surface area contributed by atoms with Crippen LogP contribution >= 0.6 is 0 Å². The van der Waals surface area contributed by atoms with Crippen LogP contribution < -0.4 is 4.90 Å². The number of piperidine rings is 1. The molecule has 3 heterocycles. The first-order chi connectivity index (χ1) is 12.2. The molecule has 2 fully saturated rings. The van der Waals surface area contributed by atoms with Crippen molar-refractivity contribution in [3.63, 3.8) is 0 Å². The number of anilines is 1. The average molecular weight is 345 g/mol. The minimum Gasteiger partial charge on any atom is -0.342 e. The maximum atomic E-state index is 12.9. The van der Waals surface area contributed by atoms with Crippen LogP contribution in [0, 0.1) is 5.92 Å². The molecule has 7 heteroatoms. The molecule has 1 aromatic rings. The zero-order chi connectivity index (χ0) is 17.6. The summed E-state index contributed by atoms with van der Waals surface area (Å²) in [6, 6.07) is 1.81. The largest absolute Gasteiger partial charge is 0.342 e. The molecule has 0 aliphatic carbocycles. The van der Waals surface area contributed by atoms with Gasteiger partial charge in [-0.3, -0.25) is 9.59 Å². The van der Waals surface area contributed by atoms with E-state index in [1.54, 1.807) is 12.4 Å². The highest BCUT2D eigenvalue weighted by molar-refractivity contribution is 5.81. The van der Waals surface area contributed by atoms with E-state index in [0.717, 1.165) is 51.4 Å². The van der Waals surface area contributed by atoms with Crippen LogP contribution in [0.2, 0.25) is 0 Å². The number of likely N-dealkylation sites (tertiary alicyclic amines) is 1. The number of hydrogen-bond donors (Lipinski definition) is 0. The Kier molecular flexibility index (Phi) is 5.83. The van der Waals surface area contributed by atoms with E-state index in [0.29, 0.717) is 19.5 Å². The third-order valence-electron chi connectivity index (χ3n) is 5.07. The molecule has 7 nitrogen and oxygen atoms in total. The van der Waals surface area contributed by atoms with Gasteiger partial charge in [0, 0.05) is 58.1 Å². The Bertz CT molecular complexity index is 594. The molecule has 0 bridgehead atoms. The summed E-state index contributed by atoms with van der Waals surface area (Å²) in [6.07, 6.45) is 6.72. The van der Waals surface area contributed by atoms with Crippen LogP contribution in [0.15, 0.2) is 18.5 Å². The Labute approximate surface area is 149 Å². The van der Waals surface area contributed by atoms with Crippen molar-refractivity contribution in [2.45, 2.75) is 32.6 Å². The van der Waals surface area contributed by atoms with Gasteiger partial charge in [0.15, 0.2) is 0 Å². The Morgan fingerprint density at radius 3 is 2.56 bits per heavy atom. The van der Waals surface area contributed by atoms with Crippen LogP contribution in [0.1, 0.15) is 32.6 Å². The standard InChI is InChI=1S/C18H27N5O2/c1-2-16(24)23-9-3-6-15(14-23)17(25)21-10-5-11-22(13-12-21)18-19-7-4-8-20-18/h4,7-8,15H,2-3,5-6,9-14H2,1H3/t15-/m1/s1. The highest BCUT2D eigenvalue weighted by Gasteiger charge is 2.31. The molecule has 1 atom stereocenters. The van der Waals surface area contributed by atoms with Crippen molar-refractivity contribution in [2.75, 3.05) is 44.2 Å². The van der Waals surface area contributed by atoms with Gasteiger partial charge < -0.3 is 14.7 Å². The number of carbonyl (C=O) groups excluding carboxylic acids is 2. The van der Waals surface area contributed by atoms with Crippen LogP contribution in [-0.4, -0.2) is 70.9 Å². The van der Waals surface area contributed by atoms with E-state index in [9.17, 15) is 9.59 Å². The van der Waals surface area contributed by atoms with E-state index in [4.69, 9.17) is 0 Å². The molecule has 0 saturated carbocycles. The molecule has 136 valence electrons. The monoisotopic (exact) mass is 345 g/mol. The number of amides is 2. The first kappa shape index (κ1) is 17.6. The van der Waals surface area contributed by atoms with Crippen LogP contribution in [0.5, 0.6) is 0 Å². The third kappa shape index (κ3) is 4.27. The number of carbonyl (C=O) groups is 2. The summed E-state index contributed by atoms with van der Waals surface area (Å²) in [6.45, 7) is 6.31. The smallest absolute Gasteiger partial charge is 0.227 e. The van der Waals surface area contributed by atoms with Gasteiger partial charge in [0.05, 0.1) is 5.92 Å². The van der Waals surface area contributed by atoms with Gasteiger partial charge in [-0.15, -0.1) is 0 Å². The molecule has 2 amide bonds. The molecule has 2 saturated heterocycles. The van der Waals surface area contributed by atoms with E-state index in [1.165, 1.54) is 0 Å². The highest BCUT2D eigenvalue weighted by atomic mass is 16.2. The molecule has 0 N–H and O–H groups in total. The Morgan fingerprint density at radius 2 is 1.80 bits per heavy atom. The molecular formula is C18H27N5O2. The number of nitrogens with zero attached hydrogens (tertiary/aromatic N) is 5. The van der Waals surface area contributed by atoms with Gasteiger partial charge in [0.1, 0.15) is 0 Å². The fourth-order valence-corrected chi connectivity index (χ4v) is 3.68. The van der Waals surface area contributed by atoms with Gasteiger partial charge in [-0.1, -0.05) is 6.92 Å². The van der Waals surface area contributed by atoms with Crippen molar-refractivity contribution < 1.29 is 9.59 Å². The van der Waals surface area contributed by atoms with Gasteiger partial charge in [0.2, 0.25) is 17.8 Å². The lowest BCUT2D eigenvalue weighted by Gasteiger charge is -2.34. The van der Waals surface area contributed by atoms with E-state index >= 15 is 0 Å². The first-order valence-corrected chi connectivity index (χ1v) is 9.27. The fourth-order valence-electron chi connectivity index (χ4n) is 3.68. The van der Waals surface area contributed by atoms with Crippen molar-refractivity contribution in [3.8, 4) is 0 Å². The molecule has 0 radical (unpaired) electrons. The molecule has 1 aromatic heterocycles. The SMILES string of the molecule is CCC(=O)N1CCC[C@@H](C(=O)N2CCCN(c3ncccn3)CC2)C1. The molecule has 3 rings (SSSR count). The zero-order valence-corrected chi connectivity index (χ0v) is 14.9. The summed E-state index contributed by atoms with van der Waals surface area (Å²) >= 11 is 0. The summed E-state index contributed by atoms with van der Waals surface area (Å²) < 4.78 is 0. The van der Waals surface area contributed by atoms with Gasteiger partial charge in [0.25, 0.3) is 0 Å². The van der Waals surface area contributed by atoms with Crippen LogP contribution in [0.25, 0.3) is 0 Å². The molecule has 0 aromatic carbocycles. The van der Waals surface area contributed by atoms with E-state index in [2.05, 4.69) is 14.9 Å². The van der Waals surface area contributed by atoms with Gasteiger partial charge >= 0.3 is 0 Å². The van der Waals surface area contributed by atoms with Gasteiger partial charge in [-0.2, -0.15) is 0 Å². The molecule has 2 aliphatic rings. The van der Waals surface area contributed by atoms with Gasteiger partial charge in [-0.25, -0.2) is 9.97 Å². The minimum absolute atomic E-state index is 0.0521. The highest BCUT2D eigenvalue weighted by Crippen LogP contribution is 2.21. The lowest BCUT2D eigenvalue weighted by atomic mass is 9.96. The second kappa shape index (κ2) is 8.27.